The summed E-state index contributed by atoms with van der Waals surface area (Å²) in [6.45, 7) is 2.60. The molecular weight excluding hydrogens is 394 g/mol. The SMILES string of the molecule is COc1ccc2cc(/C=C/C(=O)N3CCN(c4ccc([N+](=O)[O-])cc4)CC3)ccc2c1. The van der Waals surface area contributed by atoms with Crippen LogP contribution in [0.25, 0.3) is 16.8 Å². The van der Waals surface area contributed by atoms with Crippen LogP contribution in [0.2, 0.25) is 0 Å². The second-order valence-corrected chi connectivity index (χ2v) is 7.39. The summed E-state index contributed by atoms with van der Waals surface area (Å²) in [5.74, 6) is 0.803. The van der Waals surface area contributed by atoms with E-state index in [-0.39, 0.29) is 11.6 Å². The molecule has 1 amide bonds. The van der Waals surface area contributed by atoms with E-state index in [1.54, 1.807) is 25.3 Å². The van der Waals surface area contributed by atoms with Crippen LogP contribution in [0.3, 0.4) is 0 Å². The standard InChI is InChI=1S/C24H23N3O4/c1-31-23-10-5-19-16-18(2-4-20(19)17-23)3-11-24(28)26-14-12-25(13-15-26)21-6-8-22(9-7-21)27(29)30/h2-11,16-17H,12-15H2,1H3/b11-3+. The molecule has 7 heteroatoms. The summed E-state index contributed by atoms with van der Waals surface area (Å²) in [7, 11) is 1.65. The molecule has 3 aromatic rings. The number of nitro benzene ring substituents is 1. The second-order valence-electron chi connectivity index (χ2n) is 7.39. The molecule has 158 valence electrons. The summed E-state index contributed by atoms with van der Waals surface area (Å²) in [5, 5.41) is 13.0. The number of nitro groups is 1. The lowest BCUT2D eigenvalue weighted by Crippen LogP contribution is -2.48. The molecule has 0 atom stereocenters. The number of amides is 1. The first-order chi connectivity index (χ1) is 15.0. The number of nitrogens with zero attached hydrogens (tertiary/aromatic N) is 3. The lowest BCUT2D eigenvalue weighted by atomic mass is 10.1. The molecule has 0 saturated carbocycles. The van der Waals surface area contributed by atoms with E-state index >= 15 is 0 Å². The normalized spacial score (nSPS) is 14.2. The van der Waals surface area contributed by atoms with Gasteiger partial charge in [0.15, 0.2) is 0 Å². The van der Waals surface area contributed by atoms with Gasteiger partial charge in [0.25, 0.3) is 5.69 Å². The number of fused-ring (bicyclic) bond motifs is 1. The van der Waals surface area contributed by atoms with Crippen LogP contribution in [0.1, 0.15) is 5.56 Å². The van der Waals surface area contributed by atoms with Gasteiger partial charge in [-0.2, -0.15) is 0 Å². The molecule has 0 N–H and O–H groups in total. The molecule has 1 saturated heterocycles. The molecule has 0 aliphatic carbocycles. The number of ether oxygens (including phenoxy) is 1. The quantitative estimate of drug-likeness (QED) is 0.355. The van der Waals surface area contributed by atoms with Gasteiger partial charge < -0.3 is 14.5 Å². The average Bonchev–Trinajstić information content (AvgIpc) is 2.82. The van der Waals surface area contributed by atoms with Gasteiger partial charge in [0.2, 0.25) is 5.91 Å². The predicted octanol–water partition coefficient (Wildman–Crippen LogP) is 4.12. The van der Waals surface area contributed by atoms with Crippen molar-refractivity contribution in [1.82, 2.24) is 4.90 Å². The topological polar surface area (TPSA) is 75.9 Å². The summed E-state index contributed by atoms with van der Waals surface area (Å²) >= 11 is 0. The number of anilines is 1. The van der Waals surface area contributed by atoms with Crippen LogP contribution in [0, 0.1) is 10.1 Å². The van der Waals surface area contributed by atoms with E-state index in [0.717, 1.165) is 27.8 Å². The Morgan fingerprint density at radius 2 is 1.65 bits per heavy atom. The molecule has 1 aliphatic rings. The summed E-state index contributed by atoms with van der Waals surface area (Å²) in [4.78, 5) is 27.0. The Kier molecular flexibility index (Phi) is 5.84. The lowest BCUT2D eigenvalue weighted by Gasteiger charge is -2.35. The summed E-state index contributed by atoms with van der Waals surface area (Å²) in [6.07, 6.45) is 3.46. The Morgan fingerprint density at radius 3 is 2.32 bits per heavy atom. The summed E-state index contributed by atoms with van der Waals surface area (Å²) in [6, 6.07) is 18.5. The van der Waals surface area contributed by atoms with Crippen LogP contribution >= 0.6 is 0 Å². The van der Waals surface area contributed by atoms with Crippen LogP contribution in [-0.4, -0.2) is 49.0 Å². The molecule has 0 aromatic heterocycles. The molecule has 0 bridgehead atoms. The van der Waals surface area contributed by atoms with Crippen LogP contribution in [-0.2, 0) is 4.79 Å². The third-order valence-electron chi connectivity index (χ3n) is 5.51. The Labute approximate surface area is 180 Å². The molecule has 7 nitrogen and oxygen atoms in total. The Bertz CT molecular complexity index is 1130. The van der Waals surface area contributed by atoms with Gasteiger partial charge in [-0.15, -0.1) is 0 Å². The number of carbonyl (C=O) groups is 1. The number of piperazine rings is 1. The van der Waals surface area contributed by atoms with Gasteiger partial charge in [-0.3, -0.25) is 14.9 Å². The van der Waals surface area contributed by atoms with Gasteiger partial charge in [0.1, 0.15) is 5.75 Å². The van der Waals surface area contributed by atoms with Crippen molar-refractivity contribution in [2.75, 3.05) is 38.2 Å². The Balaban J connectivity index is 1.36. The van der Waals surface area contributed by atoms with E-state index in [9.17, 15) is 14.9 Å². The monoisotopic (exact) mass is 417 g/mol. The average molecular weight is 417 g/mol. The molecular formula is C24H23N3O4. The fourth-order valence-corrected chi connectivity index (χ4v) is 3.72. The molecule has 1 fully saturated rings. The number of hydrogen-bond donors (Lipinski definition) is 0. The predicted molar refractivity (Wildman–Crippen MR) is 121 cm³/mol. The van der Waals surface area contributed by atoms with Gasteiger partial charge in [0, 0.05) is 50.1 Å². The number of benzene rings is 3. The first kappa shape index (κ1) is 20.4. The van der Waals surface area contributed by atoms with Crippen molar-refractivity contribution in [1.29, 1.82) is 0 Å². The minimum Gasteiger partial charge on any atom is -0.497 e. The second kappa shape index (κ2) is 8.87. The van der Waals surface area contributed by atoms with Crippen molar-refractivity contribution in [3.63, 3.8) is 0 Å². The fourth-order valence-electron chi connectivity index (χ4n) is 3.72. The highest BCUT2D eigenvalue weighted by molar-refractivity contribution is 5.93. The lowest BCUT2D eigenvalue weighted by molar-refractivity contribution is -0.384. The van der Waals surface area contributed by atoms with E-state index in [0.29, 0.717) is 26.2 Å². The fraction of sp³-hybridized carbons (Fsp3) is 0.208. The van der Waals surface area contributed by atoms with Gasteiger partial charge in [-0.25, -0.2) is 0 Å². The molecule has 1 heterocycles. The van der Waals surface area contributed by atoms with Crippen molar-refractivity contribution in [3.8, 4) is 5.75 Å². The maximum atomic E-state index is 12.6. The minimum absolute atomic E-state index is 0.0156. The van der Waals surface area contributed by atoms with Crippen molar-refractivity contribution in [2.24, 2.45) is 0 Å². The smallest absolute Gasteiger partial charge is 0.269 e. The van der Waals surface area contributed by atoms with Gasteiger partial charge >= 0.3 is 0 Å². The maximum absolute atomic E-state index is 12.6. The van der Waals surface area contributed by atoms with Crippen LogP contribution < -0.4 is 9.64 Å². The summed E-state index contributed by atoms with van der Waals surface area (Å²) < 4.78 is 5.25. The Morgan fingerprint density at radius 1 is 0.968 bits per heavy atom. The zero-order chi connectivity index (χ0) is 21.8. The van der Waals surface area contributed by atoms with E-state index in [4.69, 9.17) is 4.74 Å². The molecule has 0 radical (unpaired) electrons. The number of methoxy groups -OCH3 is 1. The van der Waals surface area contributed by atoms with Crippen molar-refractivity contribution < 1.29 is 14.5 Å². The molecule has 0 spiro atoms. The third-order valence-corrected chi connectivity index (χ3v) is 5.51. The molecule has 3 aromatic carbocycles. The van der Waals surface area contributed by atoms with Crippen molar-refractivity contribution >= 4 is 34.1 Å². The number of non-ortho nitro benzene ring substituents is 1. The zero-order valence-corrected chi connectivity index (χ0v) is 17.2. The Hall–Kier alpha value is -3.87. The zero-order valence-electron chi connectivity index (χ0n) is 17.2. The molecule has 4 rings (SSSR count). The summed E-state index contributed by atoms with van der Waals surface area (Å²) in [5.41, 5.74) is 1.98. The van der Waals surface area contributed by atoms with Gasteiger partial charge in [0.05, 0.1) is 12.0 Å². The molecule has 0 unspecified atom stereocenters. The van der Waals surface area contributed by atoms with Crippen molar-refractivity contribution in [3.05, 3.63) is 82.4 Å². The highest BCUT2D eigenvalue weighted by Crippen LogP contribution is 2.23. The van der Waals surface area contributed by atoms with Crippen LogP contribution in [0.15, 0.2) is 66.7 Å². The van der Waals surface area contributed by atoms with Crippen LogP contribution in [0.4, 0.5) is 11.4 Å². The number of carbonyl (C=O) groups excluding carboxylic acids is 1. The van der Waals surface area contributed by atoms with E-state index in [2.05, 4.69) is 4.90 Å². The van der Waals surface area contributed by atoms with E-state index < -0.39 is 4.92 Å². The van der Waals surface area contributed by atoms with Crippen LogP contribution in [0.5, 0.6) is 5.75 Å². The molecule has 1 aliphatic heterocycles. The van der Waals surface area contributed by atoms with E-state index in [1.165, 1.54) is 12.1 Å². The minimum atomic E-state index is -0.404. The number of hydrogen-bond acceptors (Lipinski definition) is 5. The van der Waals surface area contributed by atoms with Crippen molar-refractivity contribution in [2.45, 2.75) is 0 Å². The third kappa shape index (κ3) is 4.66. The highest BCUT2D eigenvalue weighted by Gasteiger charge is 2.20. The maximum Gasteiger partial charge on any atom is 0.269 e. The molecule has 31 heavy (non-hydrogen) atoms. The van der Waals surface area contributed by atoms with Gasteiger partial charge in [-0.05, 0) is 52.7 Å². The van der Waals surface area contributed by atoms with E-state index in [1.807, 2.05) is 47.4 Å². The van der Waals surface area contributed by atoms with Gasteiger partial charge in [-0.1, -0.05) is 18.2 Å². The first-order valence-electron chi connectivity index (χ1n) is 10.1. The number of rotatable bonds is 5. The highest BCUT2D eigenvalue weighted by atomic mass is 16.6. The largest absolute Gasteiger partial charge is 0.497 e. The first-order valence-corrected chi connectivity index (χ1v) is 10.1.